The fourth-order valence-electron chi connectivity index (χ4n) is 1.68. The van der Waals surface area contributed by atoms with E-state index < -0.39 is 0 Å². The van der Waals surface area contributed by atoms with Crippen LogP contribution >= 0.6 is 35.3 Å². The van der Waals surface area contributed by atoms with Gasteiger partial charge in [-0.2, -0.15) is 22.0 Å². The number of hydrogen-bond donors (Lipinski definition) is 4. The van der Waals surface area contributed by atoms with Gasteiger partial charge in [0.25, 0.3) is 0 Å². The van der Waals surface area contributed by atoms with E-state index in [1.54, 1.807) is 33.5 Å². The number of nitrogens with zero attached hydrogens (tertiary/aromatic N) is 6. The summed E-state index contributed by atoms with van der Waals surface area (Å²) in [6.07, 6.45) is 0. The van der Waals surface area contributed by atoms with E-state index in [2.05, 4.69) is 20.0 Å². The molecule has 0 saturated heterocycles. The topological polar surface area (TPSA) is 142 Å². The third-order valence-corrected chi connectivity index (χ3v) is 6.72. The highest BCUT2D eigenvalue weighted by atomic mass is 32.2. The molecule has 160 valence electrons. The molecule has 27 heavy (non-hydrogen) atoms. The van der Waals surface area contributed by atoms with E-state index in [0.29, 0.717) is 23.4 Å². The Morgan fingerprint density at radius 1 is 0.667 bits per heavy atom. The Hall–Kier alpha value is -0.570. The molecule has 0 amide bonds. The Morgan fingerprint density at radius 3 is 1.33 bits per heavy atom. The molecule has 13 heteroatoms. The fourth-order valence-corrected chi connectivity index (χ4v) is 4.52. The number of hydrazine groups is 2. The molecule has 8 N–H and O–H groups in total. The van der Waals surface area contributed by atoms with Gasteiger partial charge in [-0.3, -0.25) is 10.0 Å². The maximum absolute atomic E-state index is 5.98. The van der Waals surface area contributed by atoms with Crippen LogP contribution in [0.1, 0.15) is 0 Å². The number of thioether (sulfide) groups is 3. The predicted molar refractivity (Wildman–Crippen MR) is 124 cm³/mol. The molecule has 0 rings (SSSR count). The zero-order chi connectivity index (χ0) is 20.7. The first kappa shape index (κ1) is 26.4. The van der Waals surface area contributed by atoms with E-state index in [4.69, 9.17) is 23.4 Å². The third-order valence-electron chi connectivity index (χ3n) is 3.21. The lowest BCUT2D eigenvalue weighted by Gasteiger charge is -2.21. The average molecular weight is 441 g/mol. The molecule has 0 spiro atoms. The Labute approximate surface area is 176 Å². The van der Waals surface area contributed by atoms with Crippen LogP contribution in [0.25, 0.3) is 0 Å². The zero-order valence-electron chi connectivity index (χ0n) is 16.9. The second-order valence-electron chi connectivity index (χ2n) is 6.13. The summed E-state index contributed by atoms with van der Waals surface area (Å²) in [5.41, 5.74) is 0. The maximum Gasteiger partial charge on any atom is 0.196 e. The SMILES string of the molecule is CN(C)CCN(N)/C(=N\N)SCCSCCS/C(=N/N)N(N)CCN(C)C. The second-order valence-corrected chi connectivity index (χ2v) is 9.47. The van der Waals surface area contributed by atoms with Gasteiger partial charge in [-0.15, -0.1) is 0 Å². The van der Waals surface area contributed by atoms with Gasteiger partial charge in [-0.1, -0.05) is 23.5 Å². The number of amidine groups is 2. The standard InChI is InChI=1S/C14H36N10S3/c1-21(2)5-7-23(17)13(19-15)26-11-9-25-10-12-27-14(20-16)24(18)8-6-22(3)4/h5-12,15-18H2,1-4H3/b19-13+,20-14+. The summed E-state index contributed by atoms with van der Waals surface area (Å²) in [6, 6.07) is 0. The van der Waals surface area contributed by atoms with Crippen molar-refractivity contribution in [2.45, 2.75) is 0 Å². The van der Waals surface area contributed by atoms with Crippen molar-refractivity contribution in [3.63, 3.8) is 0 Å². The smallest absolute Gasteiger partial charge is 0.196 e. The highest BCUT2D eigenvalue weighted by molar-refractivity contribution is 8.15. The zero-order valence-corrected chi connectivity index (χ0v) is 19.3. The Kier molecular flexibility index (Phi) is 16.0. The van der Waals surface area contributed by atoms with Gasteiger partial charge in [0.05, 0.1) is 0 Å². The summed E-state index contributed by atoms with van der Waals surface area (Å²) < 4.78 is 0. The molecule has 0 aliphatic rings. The van der Waals surface area contributed by atoms with Crippen molar-refractivity contribution in [3.8, 4) is 0 Å². The van der Waals surface area contributed by atoms with E-state index >= 15 is 0 Å². The first-order chi connectivity index (χ1) is 12.8. The van der Waals surface area contributed by atoms with Gasteiger partial charge >= 0.3 is 0 Å². The van der Waals surface area contributed by atoms with E-state index in [-0.39, 0.29) is 0 Å². The summed E-state index contributed by atoms with van der Waals surface area (Å²) in [5.74, 6) is 26.6. The van der Waals surface area contributed by atoms with Crippen molar-refractivity contribution in [2.24, 2.45) is 33.6 Å². The first-order valence-electron chi connectivity index (χ1n) is 8.54. The molecule has 0 atom stereocenters. The van der Waals surface area contributed by atoms with Crippen molar-refractivity contribution in [3.05, 3.63) is 0 Å². The number of hydrogen-bond acceptors (Lipinski definition) is 11. The molecular formula is C14H36N10S3. The Balaban J connectivity index is 3.89. The summed E-state index contributed by atoms with van der Waals surface area (Å²) in [4.78, 5) is 4.13. The number of rotatable bonds is 12. The van der Waals surface area contributed by atoms with Crippen molar-refractivity contribution < 1.29 is 0 Å². The predicted octanol–water partition coefficient (Wildman–Crippen LogP) is -0.880. The molecule has 0 radical (unpaired) electrons. The minimum atomic E-state index is 0.657. The molecule has 0 saturated carbocycles. The Bertz CT molecular complexity index is 395. The van der Waals surface area contributed by atoms with E-state index in [0.717, 1.165) is 36.1 Å². The molecule has 0 fully saturated rings. The van der Waals surface area contributed by atoms with Crippen molar-refractivity contribution >= 4 is 45.6 Å². The molecule has 0 aromatic carbocycles. The van der Waals surface area contributed by atoms with Crippen molar-refractivity contribution in [2.75, 3.05) is 77.4 Å². The van der Waals surface area contributed by atoms with Gasteiger partial charge in [0.1, 0.15) is 0 Å². The molecule has 0 heterocycles. The van der Waals surface area contributed by atoms with Crippen LogP contribution in [-0.4, -0.2) is 108 Å². The van der Waals surface area contributed by atoms with Crippen LogP contribution in [0.2, 0.25) is 0 Å². The van der Waals surface area contributed by atoms with E-state index in [1.165, 1.54) is 0 Å². The first-order valence-corrected chi connectivity index (χ1v) is 11.7. The highest BCUT2D eigenvalue weighted by Gasteiger charge is 2.10. The quantitative estimate of drug-likeness (QED) is 0.0987. The highest BCUT2D eigenvalue weighted by Crippen LogP contribution is 2.13. The van der Waals surface area contributed by atoms with Crippen LogP contribution in [0.3, 0.4) is 0 Å². The van der Waals surface area contributed by atoms with Crippen LogP contribution in [0.4, 0.5) is 0 Å². The largest absolute Gasteiger partial charge is 0.321 e. The van der Waals surface area contributed by atoms with E-state index in [9.17, 15) is 0 Å². The molecule has 0 aromatic heterocycles. The normalized spacial score (nSPS) is 12.9. The van der Waals surface area contributed by atoms with Crippen LogP contribution in [0, 0.1) is 0 Å². The van der Waals surface area contributed by atoms with Gasteiger partial charge in [0.2, 0.25) is 0 Å². The molecule has 0 aliphatic heterocycles. The summed E-state index contributed by atoms with van der Waals surface area (Å²) in [5, 5.41) is 12.1. The van der Waals surface area contributed by atoms with E-state index in [1.807, 2.05) is 40.0 Å². The van der Waals surface area contributed by atoms with Gasteiger partial charge in [0.15, 0.2) is 10.3 Å². The molecule has 0 bridgehead atoms. The van der Waals surface area contributed by atoms with Crippen LogP contribution in [0.15, 0.2) is 10.2 Å². The Morgan fingerprint density at radius 2 is 1.04 bits per heavy atom. The third kappa shape index (κ3) is 14.1. The van der Waals surface area contributed by atoms with Crippen molar-refractivity contribution in [1.82, 2.24) is 19.8 Å². The van der Waals surface area contributed by atoms with Crippen LogP contribution < -0.4 is 23.4 Å². The summed E-state index contributed by atoms with van der Waals surface area (Å²) in [7, 11) is 8.01. The van der Waals surface area contributed by atoms with Gasteiger partial charge in [-0.05, 0) is 28.2 Å². The molecule has 0 unspecified atom stereocenters. The summed E-state index contributed by atoms with van der Waals surface area (Å²) >= 11 is 4.98. The minimum Gasteiger partial charge on any atom is -0.321 e. The lowest BCUT2D eigenvalue weighted by Crippen LogP contribution is -2.41. The number of hydrazone groups is 2. The lowest BCUT2D eigenvalue weighted by atomic mass is 10.6. The number of nitrogens with two attached hydrogens (primary N) is 4. The second kappa shape index (κ2) is 16.4. The van der Waals surface area contributed by atoms with Gasteiger partial charge in [0, 0.05) is 49.2 Å². The van der Waals surface area contributed by atoms with Gasteiger partial charge < -0.3 is 21.5 Å². The molecule has 10 nitrogen and oxygen atoms in total. The van der Waals surface area contributed by atoms with Gasteiger partial charge in [-0.25, -0.2) is 11.7 Å². The molecule has 0 aromatic rings. The summed E-state index contributed by atoms with van der Waals surface area (Å²) in [6.45, 7) is 3.06. The fraction of sp³-hybridized carbons (Fsp3) is 0.857. The molecule has 0 aliphatic carbocycles. The maximum atomic E-state index is 5.98. The lowest BCUT2D eigenvalue weighted by molar-refractivity contribution is 0.338. The van der Waals surface area contributed by atoms with Crippen molar-refractivity contribution in [1.29, 1.82) is 0 Å². The average Bonchev–Trinajstić information content (AvgIpc) is 2.63. The monoisotopic (exact) mass is 440 g/mol. The van der Waals surface area contributed by atoms with Crippen LogP contribution in [-0.2, 0) is 0 Å². The minimum absolute atomic E-state index is 0.657. The number of likely N-dealkylation sites (N-methyl/N-ethyl adjacent to an activating group) is 2. The van der Waals surface area contributed by atoms with Crippen LogP contribution in [0.5, 0.6) is 0 Å². The molecular weight excluding hydrogens is 404 g/mol.